The van der Waals surface area contributed by atoms with Gasteiger partial charge in [-0.25, -0.2) is 9.13 Å². The Kier molecular flexibility index (Phi) is 37.5. The van der Waals surface area contributed by atoms with Crippen LogP contribution in [-0.2, 0) is 51.5 Å². The molecule has 0 bridgehead atoms. The van der Waals surface area contributed by atoms with Gasteiger partial charge in [0.15, 0.2) is 12.6 Å². The van der Waals surface area contributed by atoms with Gasteiger partial charge in [-0.1, -0.05) is 181 Å². The molecule has 0 saturated carbocycles. The molecule has 0 aromatic carbocycles. The summed E-state index contributed by atoms with van der Waals surface area (Å²) in [6.07, 6.45) is 10.8. The third-order valence-electron chi connectivity index (χ3n) is 14.0. The zero-order chi connectivity index (χ0) is 56.4. The summed E-state index contributed by atoms with van der Waals surface area (Å²) in [5.41, 5.74) is 0. The van der Waals surface area contributed by atoms with Crippen molar-refractivity contribution in [3.05, 3.63) is 0 Å². The lowest BCUT2D eigenvalue weighted by Gasteiger charge is -2.45. The highest BCUT2D eigenvalue weighted by atomic mass is 31.2. The molecule has 2 aliphatic heterocycles. The first kappa shape index (κ1) is 70.4. The zero-order valence-electron chi connectivity index (χ0n) is 45.9. The Bertz CT molecular complexity index is 1640. The van der Waals surface area contributed by atoms with E-state index in [4.69, 9.17) is 28.0 Å². The number of phosphoric ester groups is 2. The maximum Gasteiger partial charge on any atom is 0.472 e. The van der Waals surface area contributed by atoms with Crippen molar-refractivity contribution in [2.24, 2.45) is 0 Å². The Hall–Kier alpha value is -1.69. The van der Waals surface area contributed by atoms with E-state index < -0.39 is 133 Å². The quantitative estimate of drug-likeness (QED) is 0.0168. The average Bonchev–Trinajstić information content (AvgIpc) is 3.35. The van der Waals surface area contributed by atoms with Gasteiger partial charge in [0.1, 0.15) is 54.8 Å². The van der Waals surface area contributed by atoms with Crippen LogP contribution in [0.1, 0.15) is 226 Å². The van der Waals surface area contributed by atoms with Crippen LogP contribution in [0.2, 0.25) is 0 Å². The Morgan fingerprint density at radius 2 is 0.947 bits per heavy atom. The number of amides is 2. The second kappa shape index (κ2) is 40.5. The van der Waals surface area contributed by atoms with Crippen molar-refractivity contribution in [3.8, 4) is 0 Å². The molecule has 0 aromatic rings. The molecule has 2 rings (SSSR count). The van der Waals surface area contributed by atoms with Gasteiger partial charge in [0.2, 0.25) is 11.8 Å². The first-order valence-electron chi connectivity index (χ1n) is 28.7. The van der Waals surface area contributed by atoms with Crippen LogP contribution in [0, 0.1) is 0 Å². The van der Waals surface area contributed by atoms with Crippen LogP contribution >= 0.6 is 15.6 Å². The molecule has 11 N–H and O–H groups in total. The first-order chi connectivity index (χ1) is 36.2. The minimum Gasteiger partial charge on any atom is -0.462 e. The van der Waals surface area contributed by atoms with Crippen LogP contribution in [0.15, 0.2) is 0 Å². The summed E-state index contributed by atoms with van der Waals surface area (Å²) in [6, 6.07) is -3.52. The van der Waals surface area contributed by atoms with Crippen LogP contribution in [0.5, 0.6) is 0 Å². The highest BCUT2D eigenvalue weighted by molar-refractivity contribution is 7.46. The van der Waals surface area contributed by atoms with Gasteiger partial charge in [-0.15, -0.1) is 0 Å². The van der Waals surface area contributed by atoms with Gasteiger partial charge in [0, 0.05) is 6.42 Å². The summed E-state index contributed by atoms with van der Waals surface area (Å²) in [6.45, 7) is 4.65. The summed E-state index contributed by atoms with van der Waals surface area (Å²) in [4.78, 5) is 79.0. The number of aliphatic hydroxyl groups is 5. The summed E-state index contributed by atoms with van der Waals surface area (Å²) in [5, 5.41) is 59.7. The predicted molar refractivity (Wildman–Crippen MR) is 283 cm³/mol. The van der Waals surface area contributed by atoms with E-state index in [-0.39, 0.29) is 6.42 Å². The number of rotatable bonds is 45. The fourth-order valence-corrected chi connectivity index (χ4v) is 10.7. The number of phosphoric acid groups is 2. The molecular weight excluding hydrogens is 1030 g/mol. The highest BCUT2D eigenvalue weighted by Gasteiger charge is 2.52. The van der Waals surface area contributed by atoms with E-state index >= 15 is 0 Å². The minimum absolute atomic E-state index is 0.153. The second-order valence-corrected chi connectivity index (χ2v) is 23.3. The number of unbranched alkanes of at least 4 members (excludes halogenated alkanes) is 24. The number of nitrogens with one attached hydrogen (secondary N) is 2. The molecule has 0 aromatic heterocycles. The first-order valence-corrected chi connectivity index (χ1v) is 31.8. The average molecular weight is 1140 g/mol. The predicted octanol–water partition coefficient (Wildman–Crippen LogP) is 6.90. The summed E-state index contributed by atoms with van der Waals surface area (Å²) in [5.74, 6) is -2.11. The monoisotopic (exact) mass is 1130 g/mol. The number of hydrogen-bond acceptors (Lipinski definition) is 16. The van der Waals surface area contributed by atoms with E-state index in [0.717, 1.165) is 89.9 Å². The maximum atomic E-state index is 13.9. The lowest BCUT2D eigenvalue weighted by atomic mass is 9.95. The van der Waals surface area contributed by atoms with Crippen molar-refractivity contribution < 1.29 is 96.6 Å². The summed E-state index contributed by atoms with van der Waals surface area (Å²) < 4.78 is 56.9. The number of aliphatic hydroxyl groups excluding tert-OH is 5. The van der Waals surface area contributed by atoms with E-state index in [1.54, 1.807) is 0 Å². The van der Waals surface area contributed by atoms with E-state index in [1.165, 1.54) is 64.2 Å². The molecular formula is C52H100N2O20P2. The number of esters is 1. The van der Waals surface area contributed by atoms with Crippen LogP contribution in [0.25, 0.3) is 0 Å². The topological polar surface area (TPSA) is 347 Å². The fraction of sp³-hybridized carbons (Fsp3) is 0.942. The summed E-state index contributed by atoms with van der Waals surface area (Å²) >= 11 is 0. The van der Waals surface area contributed by atoms with Crippen LogP contribution < -0.4 is 10.6 Å². The Morgan fingerprint density at radius 3 is 1.42 bits per heavy atom. The largest absolute Gasteiger partial charge is 0.472 e. The molecule has 0 spiro atoms. The van der Waals surface area contributed by atoms with E-state index in [9.17, 15) is 68.6 Å². The van der Waals surface area contributed by atoms with Crippen molar-refractivity contribution in [1.29, 1.82) is 0 Å². The molecule has 24 heteroatoms. The SMILES string of the molecule is CCCCCCCCCCCC(=O)O[C@H](CCCCCCCCCCC)CC(=O)N[C@H]1C(OC[C@H]2O[C@H](OP(=O)(O)O)[C@H](NC(=O)C[C@H](O)CCCCCCCCCCC)[C@@H](O)[C@@H]2O)O[C@H](CO)[C@@H](OP(=O)(O)O)[C@@H]1O. The van der Waals surface area contributed by atoms with Gasteiger partial charge in [-0.05, 0) is 25.7 Å². The van der Waals surface area contributed by atoms with Gasteiger partial charge >= 0.3 is 21.6 Å². The molecule has 22 nitrogen and oxygen atoms in total. The fourth-order valence-electron chi connectivity index (χ4n) is 9.70. The number of carbonyl (C=O) groups excluding carboxylic acids is 3. The normalized spacial score (nSPS) is 25.0. The molecule has 2 fully saturated rings. The van der Waals surface area contributed by atoms with Crippen LogP contribution in [-0.4, -0.2) is 150 Å². The van der Waals surface area contributed by atoms with E-state index in [2.05, 4.69) is 31.4 Å². The summed E-state index contributed by atoms with van der Waals surface area (Å²) in [7, 11) is -10.8. The van der Waals surface area contributed by atoms with Gasteiger partial charge in [-0.2, -0.15) is 0 Å². The second-order valence-electron chi connectivity index (χ2n) is 20.9. The molecule has 12 atom stereocenters. The molecule has 0 radical (unpaired) electrons. The third-order valence-corrected chi connectivity index (χ3v) is 15.0. The molecule has 2 saturated heterocycles. The molecule has 1 unspecified atom stereocenters. The Labute approximate surface area is 452 Å². The number of hydrogen-bond donors (Lipinski definition) is 11. The van der Waals surface area contributed by atoms with Crippen molar-refractivity contribution in [2.75, 3.05) is 13.2 Å². The molecule has 2 aliphatic rings. The molecule has 448 valence electrons. The smallest absolute Gasteiger partial charge is 0.462 e. The van der Waals surface area contributed by atoms with Gasteiger partial charge in [-0.3, -0.25) is 23.4 Å². The van der Waals surface area contributed by atoms with E-state index in [0.29, 0.717) is 32.1 Å². The van der Waals surface area contributed by atoms with Gasteiger partial charge < -0.3 is 74.7 Å². The number of ether oxygens (including phenoxy) is 4. The maximum absolute atomic E-state index is 13.9. The lowest BCUT2D eigenvalue weighted by molar-refractivity contribution is -0.294. The lowest BCUT2D eigenvalue weighted by Crippen LogP contribution is -2.67. The van der Waals surface area contributed by atoms with Crippen molar-refractivity contribution >= 4 is 33.4 Å². The molecule has 2 amide bonds. The van der Waals surface area contributed by atoms with Crippen LogP contribution in [0.4, 0.5) is 0 Å². The highest BCUT2D eigenvalue weighted by Crippen LogP contribution is 2.43. The zero-order valence-corrected chi connectivity index (χ0v) is 47.7. The molecule has 2 heterocycles. The van der Waals surface area contributed by atoms with Gasteiger partial charge in [0.25, 0.3) is 0 Å². The number of carbonyl (C=O) groups is 3. The molecule has 0 aliphatic carbocycles. The van der Waals surface area contributed by atoms with Crippen molar-refractivity contribution in [2.45, 2.75) is 300 Å². The van der Waals surface area contributed by atoms with Gasteiger partial charge in [0.05, 0.1) is 32.2 Å². The third kappa shape index (κ3) is 31.3. The van der Waals surface area contributed by atoms with Crippen LogP contribution in [0.3, 0.4) is 0 Å². The van der Waals surface area contributed by atoms with Crippen molar-refractivity contribution in [1.82, 2.24) is 10.6 Å². The standard InChI is InChI=1S/C52H100N2O20P2/c1-4-7-10-13-16-19-22-25-28-31-38(56)34-42(57)53-45-48(61)47(60)41(72-52(45)74-76(66,67)68)37-69-51-46(49(62)50(40(36-55)71-51)73-75(63,64)65)54-43(58)35-39(32-29-26-23-20-17-14-11-8-5-2)70-44(59)33-30-27-24-21-18-15-12-9-6-3/h38-41,45-52,55-56,60-62H,4-37H2,1-3H3,(H,53,57)(H,54,58)(H2,63,64,65)(H2,66,67,68)/t38-,39-,40-,41-,45-,46-,47-,48-,49-,50-,51?,52-/m1/s1. The van der Waals surface area contributed by atoms with Crippen molar-refractivity contribution in [3.63, 3.8) is 0 Å². The minimum atomic E-state index is -5.42. The van der Waals surface area contributed by atoms with E-state index in [1.807, 2.05) is 0 Å². The Balaban J connectivity index is 2.20. The Morgan fingerprint density at radius 1 is 0.526 bits per heavy atom. The molecule has 76 heavy (non-hydrogen) atoms.